The predicted octanol–water partition coefficient (Wildman–Crippen LogP) is 3.19. The van der Waals surface area contributed by atoms with Crippen molar-refractivity contribution in [3.63, 3.8) is 0 Å². The molecule has 3 nitrogen and oxygen atoms in total. The van der Waals surface area contributed by atoms with Gasteiger partial charge < -0.3 is 10.1 Å². The fraction of sp³-hybridized carbons (Fsp3) is 1.00. The van der Waals surface area contributed by atoms with E-state index in [-0.39, 0.29) is 0 Å². The van der Waals surface area contributed by atoms with Crippen LogP contribution in [0.3, 0.4) is 0 Å². The van der Waals surface area contributed by atoms with Crippen molar-refractivity contribution in [2.45, 2.75) is 89.5 Å². The second-order valence-electron chi connectivity index (χ2n) is 8.07. The van der Waals surface area contributed by atoms with Gasteiger partial charge in [0.2, 0.25) is 0 Å². The smallest absolute Gasteiger partial charge is 0.0706 e. The Hall–Kier alpha value is -0.120. The Morgan fingerprint density at radius 1 is 1.19 bits per heavy atom. The summed E-state index contributed by atoms with van der Waals surface area (Å²) in [4.78, 5) is 2.83. The third kappa shape index (κ3) is 3.46. The lowest BCUT2D eigenvalue weighted by Gasteiger charge is -2.53. The first-order valence-electron chi connectivity index (χ1n) is 9.23. The Balaban J connectivity index is 1.69. The third-order valence-electron chi connectivity index (χ3n) is 6.11. The minimum absolute atomic E-state index is 0.429. The average molecular weight is 294 g/mol. The van der Waals surface area contributed by atoms with E-state index in [1.807, 2.05) is 0 Å². The Morgan fingerprint density at radius 3 is 2.57 bits per heavy atom. The first-order valence-corrected chi connectivity index (χ1v) is 9.23. The van der Waals surface area contributed by atoms with E-state index in [4.69, 9.17) is 4.74 Å². The van der Waals surface area contributed by atoms with Crippen molar-refractivity contribution in [2.24, 2.45) is 5.92 Å². The van der Waals surface area contributed by atoms with Crippen LogP contribution >= 0.6 is 0 Å². The van der Waals surface area contributed by atoms with Crippen LogP contribution in [0.2, 0.25) is 0 Å². The summed E-state index contributed by atoms with van der Waals surface area (Å²) in [7, 11) is 0. The molecular formula is C18H34N2O. The van der Waals surface area contributed by atoms with Crippen LogP contribution in [0.1, 0.15) is 65.7 Å². The summed E-state index contributed by atoms with van der Waals surface area (Å²) in [6.45, 7) is 10.5. The van der Waals surface area contributed by atoms with Gasteiger partial charge in [0.15, 0.2) is 0 Å². The number of nitrogens with one attached hydrogen (secondary N) is 1. The van der Waals surface area contributed by atoms with Gasteiger partial charge in [-0.25, -0.2) is 0 Å². The van der Waals surface area contributed by atoms with Crippen molar-refractivity contribution in [1.29, 1.82) is 0 Å². The summed E-state index contributed by atoms with van der Waals surface area (Å²) in [6.07, 6.45) is 10.5. The van der Waals surface area contributed by atoms with Gasteiger partial charge in [0, 0.05) is 31.2 Å². The predicted molar refractivity (Wildman–Crippen MR) is 87.6 cm³/mol. The van der Waals surface area contributed by atoms with Crippen LogP contribution in [-0.4, -0.2) is 48.3 Å². The average Bonchev–Trinajstić information content (AvgIpc) is 2.87. The second-order valence-corrected chi connectivity index (χ2v) is 8.07. The number of hydrogen-bond donors (Lipinski definition) is 1. The lowest BCUT2D eigenvalue weighted by molar-refractivity contribution is -0.0418. The van der Waals surface area contributed by atoms with Crippen molar-refractivity contribution in [3.8, 4) is 0 Å². The Bertz CT molecular complexity index is 338. The van der Waals surface area contributed by atoms with Gasteiger partial charge in [0.05, 0.1) is 12.2 Å². The minimum Gasteiger partial charge on any atom is -0.374 e. The van der Waals surface area contributed by atoms with Crippen LogP contribution in [0.4, 0.5) is 0 Å². The summed E-state index contributed by atoms with van der Waals surface area (Å²) < 4.78 is 6.13. The molecule has 0 amide bonds. The van der Waals surface area contributed by atoms with Gasteiger partial charge >= 0.3 is 0 Å². The van der Waals surface area contributed by atoms with E-state index < -0.39 is 0 Å². The molecule has 1 aliphatic carbocycles. The molecule has 21 heavy (non-hydrogen) atoms. The van der Waals surface area contributed by atoms with E-state index in [2.05, 4.69) is 31.0 Å². The normalized spacial score (nSPS) is 37.4. The molecule has 0 aromatic heterocycles. The maximum atomic E-state index is 6.13. The van der Waals surface area contributed by atoms with Crippen LogP contribution in [0.25, 0.3) is 0 Å². The molecule has 2 heterocycles. The first kappa shape index (κ1) is 15.8. The molecule has 1 saturated carbocycles. The van der Waals surface area contributed by atoms with Crippen molar-refractivity contribution in [2.75, 3.05) is 19.6 Å². The Kier molecular flexibility index (Phi) is 4.92. The molecule has 0 aromatic rings. The van der Waals surface area contributed by atoms with E-state index in [0.717, 1.165) is 12.5 Å². The maximum Gasteiger partial charge on any atom is 0.0706 e. The fourth-order valence-corrected chi connectivity index (χ4v) is 4.61. The number of hydrogen-bond acceptors (Lipinski definition) is 3. The van der Waals surface area contributed by atoms with Crippen LogP contribution < -0.4 is 5.32 Å². The molecule has 3 aliphatic rings. The maximum absolute atomic E-state index is 6.13. The van der Waals surface area contributed by atoms with Crippen LogP contribution in [0.5, 0.6) is 0 Å². The Labute approximate surface area is 130 Å². The highest BCUT2D eigenvalue weighted by Crippen LogP contribution is 2.37. The zero-order valence-electron chi connectivity index (χ0n) is 14.2. The summed E-state index contributed by atoms with van der Waals surface area (Å²) in [5, 5.41) is 3.86. The molecule has 3 rings (SSSR count). The molecule has 0 bridgehead atoms. The van der Waals surface area contributed by atoms with Gasteiger partial charge in [-0.15, -0.1) is 0 Å². The summed E-state index contributed by atoms with van der Waals surface area (Å²) in [5.41, 5.74) is 0.429. The molecule has 122 valence electrons. The SMILES string of the molecule is CC1CCC(CN2CC(C(C)C)NCC23CCCCC3)O1. The van der Waals surface area contributed by atoms with Crippen molar-refractivity contribution in [3.05, 3.63) is 0 Å². The molecule has 2 aliphatic heterocycles. The van der Waals surface area contributed by atoms with Crippen LogP contribution in [0, 0.1) is 5.92 Å². The lowest BCUT2D eigenvalue weighted by Crippen LogP contribution is -2.67. The third-order valence-corrected chi connectivity index (χ3v) is 6.11. The van der Waals surface area contributed by atoms with Gasteiger partial charge in [0.25, 0.3) is 0 Å². The number of rotatable bonds is 3. The largest absolute Gasteiger partial charge is 0.374 e. The quantitative estimate of drug-likeness (QED) is 0.865. The second kappa shape index (κ2) is 6.55. The first-order chi connectivity index (χ1) is 10.1. The molecule has 2 saturated heterocycles. The number of ether oxygens (including phenoxy) is 1. The van der Waals surface area contributed by atoms with Gasteiger partial charge in [-0.3, -0.25) is 4.90 Å². The van der Waals surface area contributed by atoms with Gasteiger partial charge in [-0.05, 0) is 38.5 Å². The fourth-order valence-electron chi connectivity index (χ4n) is 4.61. The summed E-state index contributed by atoms with van der Waals surface area (Å²) in [5.74, 6) is 0.719. The molecule has 3 heteroatoms. The monoisotopic (exact) mass is 294 g/mol. The zero-order valence-corrected chi connectivity index (χ0v) is 14.2. The minimum atomic E-state index is 0.429. The molecule has 0 aromatic carbocycles. The van der Waals surface area contributed by atoms with E-state index in [1.165, 1.54) is 58.0 Å². The highest BCUT2D eigenvalue weighted by molar-refractivity contribution is 5.02. The molecule has 1 N–H and O–H groups in total. The molecule has 3 fully saturated rings. The van der Waals surface area contributed by atoms with Gasteiger partial charge in [0.1, 0.15) is 0 Å². The van der Waals surface area contributed by atoms with E-state index in [1.54, 1.807) is 0 Å². The van der Waals surface area contributed by atoms with Crippen molar-refractivity contribution >= 4 is 0 Å². The highest BCUT2D eigenvalue weighted by Gasteiger charge is 2.43. The van der Waals surface area contributed by atoms with Crippen LogP contribution in [-0.2, 0) is 4.74 Å². The topological polar surface area (TPSA) is 24.5 Å². The van der Waals surface area contributed by atoms with Gasteiger partial charge in [-0.2, -0.15) is 0 Å². The van der Waals surface area contributed by atoms with Gasteiger partial charge in [-0.1, -0.05) is 33.1 Å². The van der Waals surface area contributed by atoms with Crippen molar-refractivity contribution in [1.82, 2.24) is 10.2 Å². The van der Waals surface area contributed by atoms with Crippen LogP contribution in [0.15, 0.2) is 0 Å². The summed E-state index contributed by atoms with van der Waals surface area (Å²) in [6, 6.07) is 0.649. The van der Waals surface area contributed by atoms with E-state index in [0.29, 0.717) is 23.8 Å². The van der Waals surface area contributed by atoms with E-state index in [9.17, 15) is 0 Å². The summed E-state index contributed by atoms with van der Waals surface area (Å²) >= 11 is 0. The Morgan fingerprint density at radius 2 is 1.95 bits per heavy atom. The molecular weight excluding hydrogens is 260 g/mol. The molecule has 3 unspecified atom stereocenters. The number of piperazine rings is 1. The number of nitrogens with zero attached hydrogens (tertiary/aromatic N) is 1. The standard InChI is InChI=1S/C18H34N2O/c1-14(2)17-12-20(11-16-8-7-15(3)21-16)18(13-19-17)9-5-4-6-10-18/h14-17,19H,4-13H2,1-3H3. The molecule has 3 atom stereocenters. The molecule has 1 spiro atoms. The van der Waals surface area contributed by atoms with Crippen molar-refractivity contribution < 1.29 is 4.74 Å². The highest BCUT2D eigenvalue weighted by atomic mass is 16.5. The molecule has 0 radical (unpaired) electrons. The lowest BCUT2D eigenvalue weighted by atomic mass is 9.77. The van der Waals surface area contributed by atoms with E-state index >= 15 is 0 Å². The zero-order chi connectivity index (χ0) is 14.9.